The summed E-state index contributed by atoms with van der Waals surface area (Å²) in [6, 6.07) is 14.0. The van der Waals surface area contributed by atoms with Gasteiger partial charge in [-0.3, -0.25) is 14.9 Å². The van der Waals surface area contributed by atoms with Crippen molar-refractivity contribution >= 4 is 34.8 Å². The number of carbonyl (C=O) groups is 2. The number of nitrogens with zero attached hydrogens (tertiary/aromatic N) is 1. The Morgan fingerprint density at radius 2 is 1.62 bits per heavy atom. The van der Waals surface area contributed by atoms with Crippen molar-refractivity contribution in [1.82, 2.24) is 10.2 Å². The van der Waals surface area contributed by atoms with Crippen LogP contribution in [0.2, 0.25) is 0 Å². The molecule has 1 fully saturated rings. The second-order valence-corrected chi connectivity index (χ2v) is 7.27. The Balaban J connectivity index is 1.52. The number of rotatable bonds is 6. The third-order valence-corrected chi connectivity index (χ3v) is 4.80. The zero-order chi connectivity index (χ0) is 20.6. The van der Waals surface area contributed by atoms with Crippen molar-refractivity contribution in [2.75, 3.05) is 25.0 Å². The number of thiocarbonyl (C=S) groups is 1. The van der Waals surface area contributed by atoms with Gasteiger partial charge in [0.2, 0.25) is 0 Å². The number of nitrogens with one attached hydrogen (secondary N) is 2. The van der Waals surface area contributed by atoms with E-state index in [1.165, 1.54) is 0 Å². The highest BCUT2D eigenvalue weighted by Gasteiger charge is 2.19. The van der Waals surface area contributed by atoms with E-state index in [0.29, 0.717) is 23.4 Å². The van der Waals surface area contributed by atoms with Crippen LogP contribution in [0.25, 0.3) is 0 Å². The maximum absolute atomic E-state index is 12.4. The number of hydrogen-bond donors (Lipinski definition) is 2. The fraction of sp³-hybridized carbons (Fsp3) is 0.318. The first-order valence-corrected chi connectivity index (χ1v) is 10.2. The van der Waals surface area contributed by atoms with Crippen molar-refractivity contribution < 1.29 is 14.3 Å². The lowest BCUT2D eigenvalue weighted by Gasteiger charge is -2.15. The highest BCUT2D eigenvalue weighted by atomic mass is 32.1. The van der Waals surface area contributed by atoms with Gasteiger partial charge in [-0.05, 0) is 80.0 Å². The molecular weight excluding hydrogens is 386 g/mol. The fourth-order valence-corrected chi connectivity index (χ4v) is 3.27. The molecule has 2 aromatic rings. The quantitative estimate of drug-likeness (QED) is 0.707. The molecule has 0 atom stereocenters. The van der Waals surface area contributed by atoms with Crippen LogP contribution in [0.3, 0.4) is 0 Å². The summed E-state index contributed by atoms with van der Waals surface area (Å²) < 4.78 is 5.51. The minimum Gasteiger partial charge on any atom is -0.494 e. The molecule has 2 amide bonds. The summed E-state index contributed by atoms with van der Waals surface area (Å²) in [6.45, 7) is 4.32. The van der Waals surface area contributed by atoms with Gasteiger partial charge in [0.1, 0.15) is 5.75 Å². The molecule has 6 nitrogen and oxygen atoms in total. The van der Waals surface area contributed by atoms with Crippen LogP contribution < -0.4 is 15.4 Å². The van der Waals surface area contributed by atoms with E-state index in [1.807, 2.05) is 11.8 Å². The van der Waals surface area contributed by atoms with Crippen molar-refractivity contribution in [3.63, 3.8) is 0 Å². The molecule has 2 aromatic carbocycles. The number of hydrogen-bond acceptors (Lipinski definition) is 4. The first-order valence-electron chi connectivity index (χ1n) is 9.81. The second kappa shape index (κ2) is 10.0. The van der Waals surface area contributed by atoms with Gasteiger partial charge in [0.15, 0.2) is 5.11 Å². The molecule has 1 saturated heterocycles. The van der Waals surface area contributed by atoms with Gasteiger partial charge in [0.25, 0.3) is 11.8 Å². The Kier molecular flexibility index (Phi) is 7.19. The van der Waals surface area contributed by atoms with E-state index < -0.39 is 0 Å². The zero-order valence-electron chi connectivity index (χ0n) is 16.4. The number of likely N-dealkylation sites (tertiary alicyclic amines) is 1. The van der Waals surface area contributed by atoms with Crippen molar-refractivity contribution in [2.45, 2.75) is 26.2 Å². The van der Waals surface area contributed by atoms with E-state index in [4.69, 9.17) is 17.0 Å². The lowest BCUT2D eigenvalue weighted by Crippen LogP contribution is -2.34. The predicted octanol–water partition coefficient (Wildman–Crippen LogP) is 3.84. The standard InChI is InChI=1S/C22H25N3O3S/c1-2-15-28-19-11-7-16(8-12-19)20(26)24-22(29)23-18-9-5-17(6-10-18)21(27)25-13-3-4-14-25/h5-12H,2-4,13-15H2,1H3,(H2,23,24,26,29). The summed E-state index contributed by atoms with van der Waals surface area (Å²) >= 11 is 5.22. The lowest BCUT2D eigenvalue weighted by atomic mass is 10.2. The van der Waals surface area contributed by atoms with Crippen molar-refractivity contribution in [3.8, 4) is 5.75 Å². The molecule has 1 heterocycles. The van der Waals surface area contributed by atoms with E-state index in [9.17, 15) is 9.59 Å². The Hall–Kier alpha value is -2.93. The molecule has 0 aliphatic carbocycles. The first kappa shape index (κ1) is 20.8. The van der Waals surface area contributed by atoms with Crippen molar-refractivity contribution in [1.29, 1.82) is 0 Å². The summed E-state index contributed by atoms with van der Waals surface area (Å²) in [5.74, 6) is 0.481. The Morgan fingerprint density at radius 3 is 2.24 bits per heavy atom. The largest absolute Gasteiger partial charge is 0.494 e. The number of ether oxygens (including phenoxy) is 1. The number of amides is 2. The lowest BCUT2D eigenvalue weighted by molar-refractivity contribution is 0.0792. The van der Waals surface area contributed by atoms with Crippen LogP contribution in [0.1, 0.15) is 46.9 Å². The molecule has 1 aliphatic rings. The Labute approximate surface area is 176 Å². The predicted molar refractivity (Wildman–Crippen MR) is 117 cm³/mol. The van der Waals surface area contributed by atoms with Crippen molar-refractivity contribution in [2.24, 2.45) is 0 Å². The van der Waals surface area contributed by atoms with Crippen LogP contribution in [0.4, 0.5) is 5.69 Å². The third-order valence-electron chi connectivity index (χ3n) is 4.60. The summed E-state index contributed by atoms with van der Waals surface area (Å²) in [5, 5.41) is 5.82. The van der Waals surface area contributed by atoms with Gasteiger partial charge >= 0.3 is 0 Å². The van der Waals surface area contributed by atoms with Gasteiger partial charge in [-0.25, -0.2) is 0 Å². The third kappa shape index (κ3) is 5.77. The zero-order valence-corrected chi connectivity index (χ0v) is 17.3. The molecule has 0 aromatic heterocycles. The highest BCUT2D eigenvalue weighted by molar-refractivity contribution is 7.80. The second-order valence-electron chi connectivity index (χ2n) is 6.86. The van der Waals surface area contributed by atoms with Gasteiger partial charge < -0.3 is 15.0 Å². The molecule has 0 spiro atoms. The first-order chi connectivity index (χ1) is 14.1. The average molecular weight is 412 g/mol. The molecule has 2 N–H and O–H groups in total. The molecule has 29 heavy (non-hydrogen) atoms. The van der Waals surface area contributed by atoms with Gasteiger partial charge in [0, 0.05) is 29.9 Å². The minimum absolute atomic E-state index is 0.0521. The topological polar surface area (TPSA) is 70.7 Å². The van der Waals surface area contributed by atoms with E-state index >= 15 is 0 Å². The summed E-state index contributed by atoms with van der Waals surface area (Å²) in [7, 11) is 0. The van der Waals surface area contributed by atoms with Gasteiger partial charge in [-0.1, -0.05) is 6.92 Å². The fourth-order valence-electron chi connectivity index (χ4n) is 3.06. The molecule has 0 radical (unpaired) electrons. The molecular formula is C22H25N3O3S. The molecule has 0 unspecified atom stereocenters. The number of benzene rings is 2. The van der Waals surface area contributed by atoms with Crippen LogP contribution in [-0.4, -0.2) is 41.5 Å². The van der Waals surface area contributed by atoms with E-state index in [-0.39, 0.29) is 16.9 Å². The SMILES string of the molecule is CCCOc1ccc(C(=O)NC(=S)Nc2ccc(C(=O)N3CCCC3)cc2)cc1. The number of carbonyl (C=O) groups excluding carboxylic acids is 2. The van der Waals surface area contributed by atoms with E-state index in [2.05, 4.69) is 10.6 Å². The van der Waals surface area contributed by atoms with Gasteiger partial charge in [0.05, 0.1) is 6.61 Å². The normalized spacial score (nSPS) is 13.1. The molecule has 1 aliphatic heterocycles. The monoisotopic (exact) mass is 411 g/mol. The molecule has 0 saturated carbocycles. The van der Waals surface area contributed by atoms with E-state index in [1.54, 1.807) is 48.5 Å². The summed E-state index contributed by atoms with van der Waals surface area (Å²) in [4.78, 5) is 26.6. The van der Waals surface area contributed by atoms with E-state index in [0.717, 1.165) is 38.1 Å². The smallest absolute Gasteiger partial charge is 0.257 e. The Bertz CT molecular complexity index is 860. The maximum Gasteiger partial charge on any atom is 0.257 e. The van der Waals surface area contributed by atoms with Crippen LogP contribution in [0.5, 0.6) is 5.75 Å². The number of anilines is 1. The summed E-state index contributed by atoms with van der Waals surface area (Å²) in [6.07, 6.45) is 3.05. The van der Waals surface area contributed by atoms with Crippen LogP contribution in [0, 0.1) is 0 Å². The maximum atomic E-state index is 12.4. The Morgan fingerprint density at radius 1 is 1.00 bits per heavy atom. The summed E-state index contributed by atoms with van der Waals surface area (Å²) in [5.41, 5.74) is 1.85. The molecule has 0 bridgehead atoms. The van der Waals surface area contributed by atoms with Crippen LogP contribution in [0.15, 0.2) is 48.5 Å². The van der Waals surface area contributed by atoms with Gasteiger partial charge in [-0.2, -0.15) is 0 Å². The molecule has 7 heteroatoms. The minimum atomic E-state index is -0.301. The molecule has 3 rings (SSSR count). The van der Waals surface area contributed by atoms with Gasteiger partial charge in [-0.15, -0.1) is 0 Å². The van der Waals surface area contributed by atoms with Crippen LogP contribution >= 0.6 is 12.2 Å². The highest BCUT2D eigenvalue weighted by Crippen LogP contribution is 2.16. The molecule has 152 valence electrons. The van der Waals surface area contributed by atoms with Crippen LogP contribution in [-0.2, 0) is 0 Å². The average Bonchev–Trinajstić information content (AvgIpc) is 3.27. The van der Waals surface area contributed by atoms with Crippen molar-refractivity contribution in [3.05, 3.63) is 59.7 Å².